The molecule has 0 bridgehead atoms. The second-order valence-corrected chi connectivity index (χ2v) is 7.47. The fourth-order valence-corrected chi connectivity index (χ4v) is 3.63. The molecule has 4 rings (SSSR count). The number of hydrogen-bond acceptors (Lipinski definition) is 4. The van der Waals surface area contributed by atoms with Gasteiger partial charge in [-0.1, -0.05) is 29.8 Å². The van der Waals surface area contributed by atoms with Crippen LogP contribution >= 0.6 is 11.6 Å². The number of ether oxygens (including phenoxy) is 1. The van der Waals surface area contributed by atoms with Gasteiger partial charge in [-0.15, -0.1) is 0 Å². The monoisotopic (exact) mass is 420 g/mol. The average Bonchev–Trinajstić information content (AvgIpc) is 3.06. The number of aromatic nitrogens is 3. The maximum atomic E-state index is 12.7. The predicted octanol–water partition coefficient (Wildman–Crippen LogP) is 5.02. The number of benzene rings is 2. The van der Waals surface area contributed by atoms with E-state index < -0.39 is 0 Å². The molecule has 2 aromatic carbocycles. The number of methoxy groups -OCH3 is 1. The van der Waals surface area contributed by atoms with Crippen LogP contribution in [0.1, 0.15) is 11.3 Å². The van der Waals surface area contributed by atoms with Crippen LogP contribution in [0, 0.1) is 13.8 Å². The number of amides is 1. The van der Waals surface area contributed by atoms with Gasteiger partial charge in [-0.2, -0.15) is 5.10 Å². The summed E-state index contributed by atoms with van der Waals surface area (Å²) >= 11 is 6.05. The van der Waals surface area contributed by atoms with Crippen LogP contribution in [0.4, 0.5) is 5.69 Å². The molecular formula is C23H21ClN4O2. The van der Waals surface area contributed by atoms with Crippen LogP contribution in [0.5, 0.6) is 5.75 Å². The third-order valence-corrected chi connectivity index (χ3v) is 5.21. The number of carbonyl (C=O) groups excluding carboxylic acids is 1. The minimum Gasteiger partial charge on any atom is -0.497 e. The molecule has 1 N–H and O–H groups in total. The molecule has 4 aromatic rings. The predicted molar refractivity (Wildman–Crippen MR) is 119 cm³/mol. The maximum Gasteiger partial charge on any atom is 0.246 e. The van der Waals surface area contributed by atoms with E-state index in [4.69, 9.17) is 16.3 Å². The lowest BCUT2D eigenvalue weighted by atomic mass is 10.0. The van der Waals surface area contributed by atoms with Gasteiger partial charge in [0.25, 0.3) is 0 Å². The molecule has 6 nitrogen and oxygen atoms in total. The van der Waals surface area contributed by atoms with E-state index in [1.165, 1.54) is 0 Å². The fraction of sp³-hybridized carbons (Fsp3) is 0.174. The van der Waals surface area contributed by atoms with E-state index in [1.807, 2.05) is 50.2 Å². The van der Waals surface area contributed by atoms with Gasteiger partial charge < -0.3 is 10.1 Å². The van der Waals surface area contributed by atoms with Crippen molar-refractivity contribution in [3.8, 4) is 16.9 Å². The van der Waals surface area contributed by atoms with Gasteiger partial charge in [0.15, 0.2) is 5.65 Å². The Morgan fingerprint density at radius 3 is 2.63 bits per heavy atom. The second kappa shape index (κ2) is 8.16. The first kappa shape index (κ1) is 19.9. The average molecular weight is 421 g/mol. The Bertz CT molecular complexity index is 1230. The van der Waals surface area contributed by atoms with Gasteiger partial charge >= 0.3 is 0 Å². The third kappa shape index (κ3) is 3.86. The topological polar surface area (TPSA) is 69.0 Å². The largest absolute Gasteiger partial charge is 0.497 e. The molecule has 0 aliphatic carbocycles. The van der Waals surface area contributed by atoms with Crippen molar-refractivity contribution < 1.29 is 9.53 Å². The Kier molecular flexibility index (Phi) is 5.42. The van der Waals surface area contributed by atoms with Crippen molar-refractivity contribution in [1.82, 2.24) is 14.8 Å². The first-order chi connectivity index (χ1) is 14.5. The highest BCUT2D eigenvalue weighted by atomic mass is 35.5. The van der Waals surface area contributed by atoms with Crippen LogP contribution in [0.25, 0.3) is 22.2 Å². The first-order valence-corrected chi connectivity index (χ1v) is 9.86. The number of carbonyl (C=O) groups is 1. The Hall–Kier alpha value is -3.38. The number of aryl methyl sites for hydroxylation is 2. The van der Waals surface area contributed by atoms with Crippen molar-refractivity contribution in [1.29, 1.82) is 0 Å². The number of anilines is 1. The van der Waals surface area contributed by atoms with Crippen molar-refractivity contribution in [3.63, 3.8) is 0 Å². The Balaban J connectivity index is 1.65. The zero-order chi connectivity index (χ0) is 21.3. The fourth-order valence-electron chi connectivity index (χ4n) is 3.46. The third-order valence-electron chi connectivity index (χ3n) is 4.98. The number of rotatable bonds is 5. The molecule has 0 aliphatic rings. The van der Waals surface area contributed by atoms with Gasteiger partial charge in [0, 0.05) is 22.3 Å². The first-order valence-electron chi connectivity index (χ1n) is 9.49. The highest BCUT2D eigenvalue weighted by Crippen LogP contribution is 2.31. The van der Waals surface area contributed by atoms with E-state index in [0.717, 1.165) is 33.5 Å². The van der Waals surface area contributed by atoms with Gasteiger partial charge in [-0.25, -0.2) is 9.67 Å². The summed E-state index contributed by atoms with van der Waals surface area (Å²) in [5.74, 6) is 0.603. The van der Waals surface area contributed by atoms with Crippen LogP contribution in [-0.4, -0.2) is 27.8 Å². The number of pyridine rings is 1. The normalized spacial score (nSPS) is 10.9. The van der Waals surface area contributed by atoms with Crippen LogP contribution in [0.2, 0.25) is 5.02 Å². The number of nitrogens with one attached hydrogen (secondary N) is 1. The van der Waals surface area contributed by atoms with Gasteiger partial charge in [0.1, 0.15) is 12.3 Å². The molecule has 2 heterocycles. The van der Waals surface area contributed by atoms with E-state index in [2.05, 4.69) is 15.4 Å². The van der Waals surface area contributed by atoms with Crippen molar-refractivity contribution in [2.75, 3.05) is 12.4 Å². The van der Waals surface area contributed by atoms with E-state index >= 15 is 0 Å². The Morgan fingerprint density at radius 1 is 1.13 bits per heavy atom. The molecule has 1 amide bonds. The summed E-state index contributed by atoms with van der Waals surface area (Å²) < 4.78 is 6.88. The molecule has 0 saturated heterocycles. The van der Waals surface area contributed by atoms with E-state index in [-0.39, 0.29) is 12.5 Å². The summed E-state index contributed by atoms with van der Waals surface area (Å²) in [6.45, 7) is 3.89. The summed E-state index contributed by atoms with van der Waals surface area (Å²) in [5, 5.41) is 8.98. The molecule has 0 unspecified atom stereocenters. The maximum absolute atomic E-state index is 12.7. The van der Waals surface area contributed by atoms with E-state index in [1.54, 1.807) is 30.1 Å². The molecule has 0 fully saturated rings. The van der Waals surface area contributed by atoms with Crippen LogP contribution in [0.3, 0.4) is 0 Å². The lowest BCUT2D eigenvalue weighted by Gasteiger charge is -2.09. The standard InChI is InChI=1S/C23H21ClN4O2/c1-14-4-7-17(24)12-20(14)26-21(29)13-28-23-22(15(2)27-28)19(10-11-25-23)16-5-8-18(30-3)9-6-16/h4-12H,13H2,1-3H3,(H,26,29). The lowest BCUT2D eigenvalue weighted by molar-refractivity contribution is -0.116. The minimum absolute atomic E-state index is 0.0510. The molecule has 0 saturated carbocycles. The SMILES string of the molecule is COc1ccc(-c2ccnc3c2c(C)nn3CC(=O)Nc2cc(Cl)ccc2C)cc1. The van der Waals surface area contributed by atoms with Gasteiger partial charge in [0.05, 0.1) is 12.8 Å². The van der Waals surface area contributed by atoms with Crippen molar-refractivity contribution in [2.24, 2.45) is 0 Å². The van der Waals surface area contributed by atoms with Crippen molar-refractivity contribution >= 4 is 34.2 Å². The molecule has 7 heteroatoms. The smallest absolute Gasteiger partial charge is 0.246 e. The van der Waals surface area contributed by atoms with Gasteiger partial charge in [-0.05, 0) is 60.9 Å². The Morgan fingerprint density at radius 2 is 1.90 bits per heavy atom. The number of fused-ring (bicyclic) bond motifs is 1. The lowest BCUT2D eigenvalue weighted by Crippen LogP contribution is -2.20. The molecule has 0 spiro atoms. The zero-order valence-electron chi connectivity index (χ0n) is 16.9. The highest BCUT2D eigenvalue weighted by Gasteiger charge is 2.16. The summed E-state index contributed by atoms with van der Waals surface area (Å²) in [4.78, 5) is 17.2. The van der Waals surface area contributed by atoms with Crippen molar-refractivity contribution in [3.05, 3.63) is 71.0 Å². The summed E-state index contributed by atoms with van der Waals surface area (Å²) in [6.07, 6.45) is 1.73. The summed E-state index contributed by atoms with van der Waals surface area (Å²) in [6, 6.07) is 15.2. The summed E-state index contributed by atoms with van der Waals surface area (Å²) in [7, 11) is 1.64. The second-order valence-electron chi connectivity index (χ2n) is 7.04. The number of hydrogen-bond donors (Lipinski definition) is 1. The van der Waals surface area contributed by atoms with Crippen LogP contribution in [0.15, 0.2) is 54.7 Å². The van der Waals surface area contributed by atoms with E-state index in [9.17, 15) is 4.79 Å². The highest BCUT2D eigenvalue weighted by molar-refractivity contribution is 6.31. The minimum atomic E-state index is -0.193. The molecule has 2 aromatic heterocycles. The van der Waals surface area contributed by atoms with Crippen LogP contribution < -0.4 is 10.1 Å². The molecule has 0 radical (unpaired) electrons. The molecule has 30 heavy (non-hydrogen) atoms. The summed E-state index contributed by atoms with van der Waals surface area (Å²) in [5.41, 5.74) is 5.15. The van der Waals surface area contributed by atoms with Crippen LogP contribution in [-0.2, 0) is 11.3 Å². The van der Waals surface area contributed by atoms with Gasteiger partial charge in [0.2, 0.25) is 5.91 Å². The Labute approximate surface area is 179 Å². The molecular weight excluding hydrogens is 400 g/mol. The number of halogens is 1. The quantitative estimate of drug-likeness (QED) is 0.492. The zero-order valence-corrected chi connectivity index (χ0v) is 17.7. The van der Waals surface area contributed by atoms with Crippen molar-refractivity contribution in [2.45, 2.75) is 20.4 Å². The molecule has 152 valence electrons. The number of nitrogens with zero attached hydrogens (tertiary/aromatic N) is 3. The molecule has 0 aliphatic heterocycles. The molecule has 0 atom stereocenters. The van der Waals surface area contributed by atoms with E-state index in [0.29, 0.717) is 16.4 Å². The van der Waals surface area contributed by atoms with Gasteiger partial charge in [-0.3, -0.25) is 4.79 Å².